The van der Waals surface area contributed by atoms with Crippen molar-refractivity contribution in [1.29, 1.82) is 0 Å². The van der Waals surface area contributed by atoms with Crippen molar-refractivity contribution in [2.24, 2.45) is 0 Å². The molecule has 0 unspecified atom stereocenters. The molecule has 5 rings (SSSR count). The highest BCUT2D eigenvalue weighted by atomic mass is 19.1. The number of halogens is 1. The van der Waals surface area contributed by atoms with Gasteiger partial charge in [-0.25, -0.2) is 14.1 Å². The summed E-state index contributed by atoms with van der Waals surface area (Å²) in [6, 6.07) is 31.2. The quantitative estimate of drug-likeness (QED) is 0.156. The minimum Gasteiger partial charge on any atom is -0.217 e. The number of aryl methyl sites for hydroxylation is 3. The summed E-state index contributed by atoms with van der Waals surface area (Å²) < 4.78 is 16.6. The van der Waals surface area contributed by atoms with E-state index >= 15 is 0 Å². The van der Waals surface area contributed by atoms with Crippen LogP contribution in [0.5, 0.6) is 0 Å². The lowest BCUT2D eigenvalue weighted by Crippen LogP contribution is -2.04. The van der Waals surface area contributed by atoms with Crippen LogP contribution in [0.4, 0.5) is 4.39 Å². The first-order valence-electron chi connectivity index (χ1n) is 15.1. The summed E-state index contributed by atoms with van der Waals surface area (Å²) in [4.78, 5) is 4.80. The van der Waals surface area contributed by atoms with Gasteiger partial charge in [-0.15, -0.1) is 5.10 Å². The molecule has 3 nitrogen and oxygen atoms in total. The molecule has 0 spiro atoms. The number of hydrogen-bond acceptors (Lipinski definition) is 2. The van der Waals surface area contributed by atoms with Crippen LogP contribution in [0.15, 0.2) is 91.0 Å². The molecule has 0 radical (unpaired) electrons. The van der Waals surface area contributed by atoms with Crippen LogP contribution in [0.2, 0.25) is 0 Å². The van der Waals surface area contributed by atoms with E-state index in [9.17, 15) is 4.39 Å². The molecule has 4 aromatic carbocycles. The number of benzene rings is 4. The average molecular weight is 546 g/mol. The van der Waals surface area contributed by atoms with Crippen molar-refractivity contribution in [1.82, 2.24) is 14.8 Å². The molecule has 4 heteroatoms. The van der Waals surface area contributed by atoms with Crippen LogP contribution in [-0.4, -0.2) is 14.8 Å². The molecule has 0 aliphatic carbocycles. The largest absolute Gasteiger partial charge is 0.217 e. The standard InChI is InChI=1S/C37H40FN3/c1-4-7-12-27-16-20-29(21-17-27)31-24-32(30-22-18-28(19-23-30)13-8-5-2)26-33(25-31)41-36(11-6-3)39-37(40-41)34-14-9-10-15-35(34)38/h9-10,14-26H,4-8,11-13H2,1-3H3. The summed E-state index contributed by atoms with van der Waals surface area (Å²) in [5.74, 6) is 0.936. The molecule has 41 heavy (non-hydrogen) atoms. The fraction of sp³-hybridized carbons (Fsp3) is 0.297. The van der Waals surface area contributed by atoms with Crippen LogP contribution in [0, 0.1) is 5.82 Å². The van der Waals surface area contributed by atoms with Gasteiger partial charge in [0, 0.05) is 6.42 Å². The van der Waals surface area contributed by atoms with Crippen LogP contribution in [0.1, 0.15) is 69.8 Å². The van der Waals surface area contributed by atoms with Gasteiger partial charge in [0.2, 0.25) is 0 Å². The average Bonchev–Trinajstić information content (AvgIpc) is 3.43. The fourth-order valence-corrected chi connectivity index (χ4v) is 5.25. The molecular weight excluding hydrogens is 505 g/mol. The zero-order chi connectivity index (χ0) is 28.6. The Bertz CT molecular complexity index is 1500. The van der Waals surface area contributed by atoms with Gasteiger partial charge in [0.05, 0.1) is 11.3 Å². The number of hydrogen-bond donors (Lipinski definition) is 0. The van der Waals surface area contributed by atoms with Crippen molar-refractivity contribution >= 4 is 0 Å². The Morgan fingerprint density at radius 1 is 0.610 bits per heavy atom. The third kappa shape index (κ3) is 6.82. The van der Waals surface area contributed by atoms with Crippen molar-refractivity contribution in [2.75, 3.05) is 0 Å². The predicted octanol–water partition coefficient (Wildman–Crippen LogP) is 10.0. The monoisotopic (exact) mass is 545 g/mol. The highest BCUT2D eigenvalue weighted by Gasteiger charge is 2.17. The highest BCUT2D eigenvalue weighted by Crippen LogP contribution is 2.32. The van der Waals surface area contributed by atoms with Crippen LogP contribution >= 0.6 is 0 Å². The second-order valence-electron chi connectivity index (χ2n) is 10.9. The molecule has 0 aliphatic heterocycles. The van der Waals surface area contributed by atoms with Gasteiger partial charge in [-0.3, -0.25) is 0 Å². The summed E-state index contributed by atoms with van der Waals surface area (Å²) in [6.07, 6.45) is 8.65. The van der Waals surface area contributed by atoms with Crippen LogP contribution in [-0.2, 0) is 19.3 Å². The number of nitrogens with zero attached hydrogens (tertiary/aromatic N) is 3. The molecule has 0 N–H and O–H groups in total. The normalized spacial score (nSPS) is 11.2. The van der Waals surface area contributed by atoms with Crippen molar-refractivity contribution in [3.05, 3.63) is 114 Å². The van der Waals surface area contributed by atoms with E-state index in [0.717, 1.165) is 48.3 Å². The number of unbranched alkanes of at least 4 members (excludes halogenated alkanes) is 2. The molecule has 5 aromatic rings. The van der Waals surface area contributed by atoms with Gasteiger partial charge in [-0.2, -0.15) is 0 Å². The highest BCUT2D eigenvalue weighted by molar-refractivity contribution is 5.76. The number of rotatable bonds is 12. The molecule has 1 heterocycles. The second kappa shape index (κ2) is 13.5. The van der Waals surface area contributed by atoms with E-state index in [1.807, 2.05) is 10.7 Å². The molecule has 1 aromatic heterocycles. The van der Waals surface area contributed by atoms with E-state index in [-0.39, 0.29) is 5.82 Å². The van der Waals surface area contributed by atoms with E-state index < -0.39 is 0 Å². The molecule has 210 valence electrons. The Labute approximate surface area is 244 Å². The first-order valence-corrected chi connectivity index (χ1v) is 15.1. The summed E-state index contributed by atoms with van der Waals surface area (Å²) in [6.45, 7) is 6.59. The van der Waals surface area contributed by atoms with Gasteiger partial charge in [-0.05, 0) is 95.8 Å². The van der Waals surface area contributed by atoms with E-state index in [1.165, 1.54) is 54.0 Å². The zero-order valence-electron chi connectivity index (χ0n) is 24.5. The van der Waals surface area contributed by atoms with Gasteiger partial charge in [0.1, 0.15) is 11.6 Å². The zero-order valence-corrected chi connectivity index (χ0v) is 24.5. The SMILES string of the molecule is CCCCc1ccc(-c2cc(-c3ccc(CCCC)cc3)cc(-n3nc(-c4ccccc4F)nc3CCC)c2)cc1. The van der Waals surface area contributed by atoms with Crippen LogP contribution in [0.25, 0.3) is 39.3 Å². The maximum atomic E-state index is 14.7. The van der Waals surface area contributed by atoms with Crippen molar-refractivity contribution in [3.8, 4) is 39.3 Å². The van der Waals surface area contributed by atoms with Crippen molar-refractivity contribution < 1.29 is 4.39 Å². The molecule has 0 bridgehead atoms. The predicted molar refractivity (Wildman–Crippen MR) is 169 cm³/mol. The lowest BCUT2D eigenvalue weighted by atomic mass is 9.96. The molecule has 0 atom stereocenters. The van der Waals surface area contributed by atoms with E-state index in [1.54, 1.807) is 12.1 Å². The lowest BCUT2D eigenvalue weighted by molar-refractivity contribution is 0.630. The molecular formula is C37H40FN3. The molecule has 0 fully saturated rings. The van der Waals surface area contributed by atoms with E-state index in [4.69, 9.17) is 10.1 Å². The topological polar surface area (TPSA) is 30.7 Å². The van der Waals surface area contributed by atoms with Crippen molar-refractivity contribution in [3.63, 3.8) is 0 Å². The Kier molecular flexibility index (Phi) is 9.40. The van der Waals surface area contributed by atoms with Crippen LogP contribution < -0.4 is 0 Å². The van der Waals surface area contributed by atoms with Crippen molar-refractivity contribution in [2.45, 2.75) is 72.1 Å². The Balaban J connectivity index is 1.61. The van der Waals surface area contributed by atoms with E-state index in [2.05, 4.69) is 87.5 Å². The maximum Gasteiger partial charge on any atom is 0.184 e. The first-order chi connectivity index (χ1) is 20.1. The minimum atomic E-state index is -0.312. The lowest BCUT2D eigenvalue weighted by Gasteiger charge is -2.13. The third-order valence-corrected chi connectivity index (χ3v) is 7.64. The molecule has 0 saturated heterocycles. The Morgan fingerprint density at radius 2 is 1.17 bits per heavy atom. The van der Waals surface area contributed by atoms with Crippen LogP contribution in [0.3, 0.4) is 0 Å². The Morgan fingerprint density at radius 3 is 1.68 bits per heavy atom. The van der Waals surface area contributed by atoms with Gasteiger partial charge in [0.15, 0.2) is 5.82 Å². The van der Waals surface area contributed by atoms with E-state index in [0.29, 0.717) is 11.4 Å². The van der Waals surface area contributed by atoms with Gasteiger partial charge < -0.3 is 0 Å². The second-order valence-corrected chi connectivity index (χ2v) is 10.9. The Hall–Kier alpha value is -4.05. The third-order valence-electron chi connectivity index (χ3n) is 7.64. The summed E-state index contributed by atoms with van der Waals surface area (Å²) >= 11 is 0. The summed E-state index contributed by atoms with van der Waals surface area (Å²) in [5.41, 5.74) is 8.67. The minimum absolute atomic E-state index is 0.312. The number of aromatic nitrogens is 3. The summed E-state index contributed by atoms with van der Waals surface area (Å²) in [7, 11) is 0. The molecule has 0 amide bonds. The molecule has 0 aliphatic rings. The van der Waals surface area contributed by atoms with Gasteiger partial charge in [-0.1, -0.05) is 94.3 Å². The van der Waals surface area contributed by atoms with Gasteiger partial charge in [0.25, 0.3) is 0 Å². The fourth-order valence-electron chi connectivity index (χ4n) is 5.25. The molecule has 0 saturated carbocycles. The van der Waals surface area contributed by atoms with Gasteiger partial charge >= 0.3 is 0 Å². The summed E-state index contributed by atoms with van der Waals surface area (Å²) in [5, 5.41) is 4.86. The smallest absolute Gasteiger partial charge is 0.184 e. The first kappa shape index (κ1) is 28.5. The maximum absolute atomic E-state index is 14.7.